The molecule has 10 heteroatoms. The highest BCUT2D eigenvalue weighted by atomic mass is 35.5. The van der Waals surface area contributed by atoms with Crippen LogP contribution in [0.3, 0.4) is 0 Å². The van der Waals surface area contributed by atoms with Gasteiger partial charge in [-0.05, 0) is 49.2 Å². The van der Waals surface area contributed by atoms with E-state index >= 15 is 0 Å². The fraction of sp³-hybridized carbons (Fsp3) is 0.308. The number of rotatable bonds is 10. The van der Waals surface area contributed by atoms with Crippen LogP contribution in [-0.4, -0.2) is 42.6 Å². The maximum atomic E-state index is 13.0. The molecular weight excluding hydrogens is 488 g/mol. The number of ether oxygens (including phenoxy) is 1. The number of amides is 2. The Morgan fingerprint density at radius 1 is 1.08 bits per heavy atom. The molecule has 0 spiro atoms. The number of nitrogens with one attached hydrogen (secondary N) is 2. The molecule has 0 aliphatic carbocycles. The Morgan fingerprint density at radius 3 is 2.42 bits per heavy atom. The first kappa shape index (κ1) is 26.7. The second-order valence-corrected chi connectivity index (χ2v) is 8.76. The number of carbonyl (C=O) groups excluding carboxylic acids is 2. The van der Waals surface area contributed by atoms with Gasteiger partial charge in [-0.2, -0.15) is 0 Å². The van der Waals surface area contributed by atoms with Crippen molar-refractivity contribution in [3.05, 3.63) is 74.1 Å². The standard InChI is InChI=1S/C26H27ClN2O7/c1-14-18-8-9-21(35-3)15(2)24(18)36-26(34)19(14)13-22(30)29-20(25(33)28-11-10-23(31)32)12-16-4-6-17(27)7-5-16/h4-9,20H,10-13H2,1-3H3,(H,28,33)(H,29,30)(H,31,32)/t20-/m1/s1. The summed E-state index contributed by atoms with van der Waals surface area (Å²) in [5.74, 6) is -1.57. The zero-order chi connectivity index (χ0) is 26.4. The summed E-state index contributed by atoms with van der Waals surface area (Å²) in [6.07, 6.45) is -0.407. The van der Waals surface area contributed by atoms with Gasteiger partial charge in [-0.3, -0.25) is 14.4 Å². The number of methoxy groups -OCH3 is 1. The van der Waals surface area contributed by atoms with Gasteiger partial charge in [0, 0.05) is 28.9 Å². The predicted molar refractivity (Wildman–Crippen MR) is 135 cm³/mol. The largest absolute Gasteiger partial charge is 0.496 e. The summed E-state index contributed by atoms with van der Waals surface area (Å²) in [5, 5.41) is 15.2. The third kappa shape index (κ3) is 6.42. The van der Waals surface area contributed by atoms with E-state index in [1.54, 1.807) is 50.2 Å². The SMILES string of the molecule is COc1ccc2c(C)c(CC(=O)N[C@H](Cc3ccc(Cl)cc3)C(=O)NCCC(=O)O)c(=O)oc2c1C. The summed E-state index contributed by atoms with van der Waals surface area (Å²) in [6, 6.07) is 9.32. The molecule has 3 rings (SSSR count). The van der Waals surface area contributed by atoms with Crippen molar-refractivity contribution in [1.82, 2.24) is 10.6 Å². The second kappa shape index (κ2) is 11.7. The number of carboxylic acids is 1. The molecule has 9 nitrogen and oxygen atoms in total. The molecule has 0 saturated carbocycles. The van der Waals surface area contributed by atoms with Crippen LogP contribution in [0.1, 0.15) is 28.7 Å². The molecule has 1 aromatic heterocycles. The van der Waals surface area contributed by atoms with E-state index in [2.05, 4.69) is 10.6 Å². The van der Waals surface area contributed by atoms with Crippen LogP contribution in [0.25, 0.3) is 11.0 Å². The van der Waals surface area contributed by atoms with Crippen molar-refractivity contribution in [3.63, 3.8) is 0 Å². The molecule has 1 atom stereocenters. The smallest absolute Gasteiger partial charge is 0.340 e. The van der Waals surface area contributed by atoms with Crippen molar-refractivity contribution in [3.8, 4) is 5.75 Å². The minimum absolute atomic E-state index is 0.0860. The highest BCUT2D eigenvalue weighted by Crippen LogP contribution is 2.29. The molecule has 0 saturated heterocycles. The van der Waals surface area contributed by atoms with Crippen LogP contribution in [0.4, 0.5) is 0 Å². The molecule has 190 valence electrons. The van der Waals surface area contributed by atoms with Crippen LogP contribution in [0.15, 0.2) is 45.6 Å². The first-order chi connectivity index (χ1) is 17.1. The summed E-state index contributed by atoms with van der Waals surface area (Å²) in [4.78, 5) is 49.3. The van der Waals surface area contributed by atoms with Crippen molar-refractivity contribution in [2.45, 2.75) is 39.2 Å². The molecule has 3 aromatic rings. The van der Waals surface area contributed by atoms with Crippen LogP contribution >= 0.6 is 11.6 Å². The minimum atomic E-state index is -1.06. The first-order valence-corrected chi connectivity index (χ1v) is 11.6. The van der Waals surface area contributed by atoms with E-state index in [9.17, 15) is 19.2 Å². The predicted octanol–water partition coefficient (Wildman–Crippen LogP) is 2.93. The zero-order valence-electron chi connectivity index (χ0n) is 20.1. The van der Waals surface area contributed by atoms with E-state index in [0.717, 1.165) is 5.56 Å². The van der Waals surface area contributed by atoms with Gasteiger partial charge in [0.25, 0.3) is 0 Å². The molecule has 2 aromatic carbocycles. The number of aliphatic carboxylic acids is 1. The average molecular weight is 515 g/mol. The molecule has 0 aliphatic heterocycles. The van der Waals surface area contributed by atoms with Crippen LogP contribution in [0.5, 0.6) is 5.75 Å². The summed E-state index contributed by atoms with van der Waals surface area (Å²) in [5.41, 5.74) is 1.94. The zero-order valence-corrected chi connectivity index (χ0v) is 20.9. The number of fused-ring (bicyclic) bond motifs is 1. The van der Waals surface area contributed by atoms with Crippen LogP contribution in [-0.2, 0) is 27.2 Å². The van der Waals surface area contributed by atoms with Crippen molar-refractivity contribution in [2.24, 2.45) is 0 Å². The van der Waals surface area contributed by atoms with Crippen molar-refractivity contribution in [1.29, 1.82) is 0 Å². The topological polar surface area (TPSA) is 135 Å². The minimum Gasteiger partial charge on any atom is -0.496 e. The Morgan fingerprint density at radius 2 is 1.78 bits per heavy atom. The first-order valence-electron chi connectivity index (χ1n) is 11.2. The fourth-order valence-electron chi connectivity index (χ4n) is 3.88. The monoisotopic (exact) mass is 514 g/mol. The maximum absolute atomic E-state index is 13.0. The van der Waals surface area contributed by atoms with Crippen LogP contribution in [0.2, 0.25) is 5.02 Å². The molecule has 3 N–H and O–H groups in total. The summed E-state index contributed by atoms with van der Waals surface area (Å²) in [6.45, 7) is 3.43. The van der Waals surface area contributed by atoms with E-state index in [0.29, 0.717) is 32.9 Å². The fourth-order valence-corrected chi connectivity index (χ4v) is 4.01. The van der Waals surface area contributed by atoms with E-state index < -0.39 is 29.5 Å². The number of carbonyl (C=O) groups is 3. The van der Waals surface area contributed by atoms with Gasteiger partial charge in [-0.25, -0.2) is 4.79 Å². The summed E-state index contributed by atoms with van der Waals surface area (Å²) >= 11 is 5.93. The van der Waals surface area contributed by atoms with Crippen molar-refractivity contribution < 1.29 is 28.6 Å². The Balaban J connectivity index is 1.83. The number of halogens is 1. The van der Waals surface area contributed by atoms with Gasteiger partial charge >= 0.3 is 11.6 Å². The number of hydrogen-bond donors (Lipinski definition) is 3. The number of benzene rings is 2. The van der Waals surface area contributed by atoms with Gasteiger partial charge in [-0.15, -0.1) is 0 Å². The molecule has 0 bridgehead atoms. The van der Waals surface area contributed by atoms with Crippen LogP contribution < -0.4 is 21.0 Å². The number of aryl methyl sites for hydroxylation is 2. The van der Waals surface area contributed by atoms with Crippen molar-refractivity contribution >= 4 is 40.4 Å². The Kier molecular flexibility index (Phi) is 8.71. The lowest BCUT2D eigenvalue weighted by Gasteiger charge is -2.19. The van der Waals surface area contributed by atoms with Gasteiger partial charge in [0.15, 0.2) is 0 Å². The number of carboxylic acid groups (broad SMARTS) is 1. The van der Waals surface area contributed by atoms with E-state index in [4.69, 9.17) is 25.9 Å². The van der Waals surface area contributed by atoms with Gasteiger partial charge in [0.05, 0.1) is 25.5 Å². The van der Waals surface area contributed by atoms with E-state index in [1.807, 2.05) is 0 Å². The average Bonchev–Trinajstić information content (AvgIpc) is 2.83. The van der Waals surface area contributed by atoms with Gasteiger partial charge in [0.1, 0.15) is 17.4 Å². The van der Waals surface area contributed by atoms with Crippen molar-refractivity contribution in [2.75, 3.05) is 13.7 Å². The Bertz CT molecular complexity index is 1350. The van der Waals surface area contributed by atoms with Gasteiger partial charge < -0.3 is 24.9 Å². The summed E-state index contributed by atoms with van der Waals surface area (Å²) < 4.78 is 10.8. The third-order valence-electron chi connectivity index (χ3n) is 5.85. The highest BCUT2D eigenvalue weighted by molar-refractivity contribution is 6.30. The van der Waals surface area contributed by atoms with E-state index in [1.165, 1.54) is 7.11 Å². The Labute approximate surface area is 212 Å². The molecule has 36 heavy (non-hydrogen) atoms. The quantitative estimate of drug-likeness (QED) is 0.354. The lowest BCUT2D eigenvalue weighted by Crippen LogP contribution is -2.49. The van der Waals surface area contributed by atoms with Crippen LogP contribution in [0, 0.1) is 13.8 Å². The molecule has 1 heterocycles. The molecule has 0 radical (unpaired) electrons. The van der Waals surface area contributed by atoms with Gasteiger partial charge in [-0.1, -0.05) is 23.7 Å². The molecule has 0 unspecified atom stereocenters. The molecule has 0 fully saturated rings. The third-order valence-corrected chi connectivity index (χ3v) is 6.11. The second-order valence-electron chi connectivity index (χ2n) is 8.32. The molecule has 0 aliphatic rings. The molecule has 2 amide bonds. The molecular formula is C26H27ClN2O7. The van der Waals surface area contributed by atoms with Gasteiger partial charge in [0.2, 0.25) is 11.8 Å². The summed E-state index contributed by atoms with van der Waals surface area (Å²) in [7, 11) is 1.52. The van der Waals surface area contributed by atoms with E-state index in [-0.39, 0.29) is 31.4 Å². The lowest BCUT2D eigenvalue weighted by molar-refractivity contribution is -0.137. The number of hydrogen-bond acceptors (Lipinski definition) is 6. The lowest BCUT2D eigenvalue weighted by atomic mass is 10.0. The highest BCUT2D eigenvalue weighted by Gasteiger charge is 2.23. The normalized spacial score (nSPS) is 11.7. The maximum Gasteiger partial charge on any atom is 0.340 e. The Hall–Kier alpha value is -3.85.